The summed E-state index contributed by atoms with van der Waals surface area (Å²) in [5.41, 5.74) is 0.979. The van der Waals surface area contributed by atoms with Crippen LogP contribution in [0.25, 0.3) is 0 Å². The van der Waals surface area contributed by atoms with E-state index < -0.39 is 10.0 Å². The lowest BCUT2D eigenvalue weighted by Crippen LogP contribution is -2.29. The maximum atomic E-state index is 11.7. The molecular weight excluding hydrogens is 290 g/mol. The topological polar surface area (TPSA) is 46.2 Å². The summed E-state index contributed by atoms with van der Waals surface area (Å²) in [6.45, 7) is 1.86. The third-order valence-corrected chi connectivity index (χ3v) is 5.23. The van der Waals surface area contributed by atoms with Gasteiger partial charge in [0.15, 0.2) is 0 Å². The second-order valence-corrected chi connectivity index (χ2v) is 7.04. The molecule has 3 nitrogen and oxygen atoms in total. The van der Waals surface area contributed by atoms with Gasteiger partial charge in [-0.2, -0.15) is 0 Å². The molecule has 1 aliphatic carbocycles. The molecule has 0 saturated heterocycles. The molecule has 1 saturated carbocycles. The van der Waals surface area contributed by atoms with Crippen LogP contribution in [0.3, 0.4) is 0 Å². The number of benzene rings is 1. The Bertz CT molecular complexity index is 465. The first-order valence-corrected chi connectivity index (χ1v) is 7.59. The van der Waals surface area contributed by atoms with Crippen molar-refractivity contribution >= 4 is 26.0 Å². The second-order valence-electron chi connectivity index (χ2n) is 4.14. The molecular formula is C11H14BrNO2S. The van der Waals surface area contributed by atoms with E-state index in [1.807, 2.05) is 31.2 Å². The highest BCUT2D eigenvalue weighted by Gasteiger charge is 2.36. The van der Waals surface area contributed by atoms with Gasteiger partial charge in [0.2, 0.25) is 10.0 Å². The number of hydrogen-bond donors (Lipinski definition) is 1. The molecule has 0 radical (unpaired) electrons. The molecule has 5 heteroatoms. The van der Waals surface area contributed by atoms with Crippen LogP contribution in [0.1, 0.15) is 31.4 Å². The van der Waals surface area contributed by atoms with Gasteiger partial charge in [0.25, 0.3) is 0 Å². The predicted octanol–water partition coefficient (Wildman–Crippen LogP) is 2.59. The van der Waals surface area contributed by atoms with Crippen LogP contribution in [0.15, 0.2) is 28.7 Å². The van der Waals surface area contributed by atoms with Crippen molar-refractivity contribution in [3.63, 3.8) is 0 Å². The SMILES string of the molecule is CC(NS(=O)(=O)C1CC1)c1ccc(Br)cc1. The van der Waals surface area contributed by atoms with Crippen molar-refractivity contribution in [3.05, 3.63) is 34.3 Å². The molecule has 0 bridgehead atoms. The van der Waals surface area contributed by atoms with Crippen LogP contribution in [0.2, 0.25) is 0 Å². The lowest BCUT2D eigenvalue weighted by molar-refractivity contribution is 0.565. The van der Waals surface area contributed by atoms with Crippen LogP contribution >= 0.6 is 15.9 Å². The van der Waals surface area contributed by atoms with Crippen molar-refractivity contribution < 1.29 is 8.42 Å². The zero-order valence-corrected chi connectivity index (χ0v) is 11.4. The Morgan fingerprint density at radius 1 is 1.31 bits per heavy atom. The molecule has 1 N–H and O–H groups in total. The Morgan fingerprint density at radius 3 is 2.38 bits per heavy atom. The highest BCUT2D eigenvalue weighted by Crippen LogP contribution is 2.29. The molecule has 0 aromatic heterocycles. The zero-order valence-electron chi connectivity index (χ0n) is 8.98. The van der Waals surface area contributed by atoms with Crippen LogP contribution < -0.4 is 4.72 Å². The first-order valence-electron chi connectivity index (χ1n) is 5.25. The van der Waals surface area contributed by atoms with Crippen molar-refractivity contribution in [2.45, 2.75) is 31.1 Å². The summed E-state index contributed by atoms with van der Waals surface area (Å²) in [5.74, 6) is 0. The van der Waals surface area contributed by atoms with Crippen molar-refractivity contribution in [1.82, 2.24) is 4.72 Å². The molecule has 0 amide bonds. The summed E-state index contributed by atoms with van der Waals surface area (Å²) in [5, 5.41) is -0.162. The number of nitrogens with one attached hydrogen (secondary N) is 1. The molecule has 1 atom stereocenters. The normalized spacial score (nSPS) is 18.4. The summed E-state index contributed by atoms with van der Waals surface area (Å²) in [7, 11) is -3.11. The number of halogens is 1. The van der Waals surface area contributed by atoms with Gasteiger partial charge in [-0.25, -0.2) is 13.1 Å². The molecule has 0 heterocycles. The van der Waals surface area contributed by atoms with E-state index in [-0.39, 0.29) is 11.3 Å². The van der Waals surface area contributed by atoms with E-state index in [2.05, 4.69) is 20.7 Å². The van der Waals surface area contributed by atoms with Gasteiger partial charge in [-0.1, -0.05) is 28.1 Å². The van der Waals surface area contributed by atoms with Crippen molar-refractivity contribution in [2.75, 3.05) is 0 Å². The summed E-state index contributed by atoms with van der Waals surface area (Å²) in [6, 6.07) is 7.50. The largest absolute Gasteiger partial charge is 0.215 e. The Labute approximate surface area is 104 Å². The molecule has 0 spiro atoms. The van der Waals surface area contributed by atoms with Gasteiger partial charge in [0.1, 0.15) is 0 Å². The van der Waals surface area contributed by atoms with Gasteiger partial charge < -0.3 is 0 Å². The number of rotatable bonds is 4. The van der Waals surface area contributed by atoms with E-state index in [4.69, 9.17) is 0 Å². The smallest absolute Gasteiger partial charge is 0.212 e. The van der Waals surface area contributed by atoms with E-state index >= 15 is 0 Å². The second kappa shape index (κ2) is 4.47. The van der Waals surface area contributed by atoms with Gasteiger partial charge in [0, 0.05) is 10.5 Å². The Kier molecular flexibility index (Phi) is 3.37. The fourth-order valence-electron chi connectivity index (χ4n) is 1.54. The maximum absolute atomic E-state index is 11.7. The lowest BCUT2D eigenvalue weighted by atomic mass is 10.1. The van der Waals surface area contributed by atoms with Crippen LogP contribution in [-0.2, 0) is 10.0 Å². The Balaban J connectivity index is 2.08. The summed E-state index contributed by atoms with van der Waals surface area (Å²) < 4.78 is 27.2. The highest BCUT2D eigenvalue weighted by molar-refractivity contribution is 9.10. The van der Waals surface area contributed by atoms with Crippen LogP contribution in [0, 0.1) is 0 Å². The highest BCUT2D eigenvalue weighted by atomic mass is 79.9. The molecule has 1 unspecified atom stereocenters. The summed E-state index contributed by atoms with van der Waals surface area (Å²) >= 11 is 3.35. The number of hydrogen-bond acceptors (Lipinski definition) is 2. The van der Waals surface area contributed by atoms with Crippen molar-refractivity contribution in [1.29, 1.82) is 0 Å². The van der Waals surface area contributed by atoms with E-state index in [0.29, 0.717) is 0 Å². The first kappa shape index (κ1) is 12.1. The van der Waals surface area contributed by atoms with E-state index in [9.17, 15) is 8.42 Å². The predicted molar refractivity (Wildman–Crippen MR) is 67.6 cm³/mol. The zero-order chi connectivity index (χ0) is 11.8. The molecule has 1 aromatic rings. The van der Waals surface area contributed by atoms with E-state index in [0.717, 1.165) is 22.9 Å². The van der Waals surface area contributed by atoms with Gasteiger partial charge in [0.05, 0.1) is 5.25 Å². The summed E-state index contributed by atoms with van der Waals surface area (Å²) in [4.78, 5) is 0. The van der Waals surface area contributed by atoms with Gasteiger partial charge >= 0.3 is 0 Å². The van der Waals surface area contributed by atoms with Crippen LogP contribution in [-0.4, -0.2) is 13.7 Å². The van der Waals surface area contributed by atoms with Gasteiger partial charge in [-0.15, -0.1) is 0 Å². The molecule has 1 fully saturated rings. The van der Waals surface area contributed by atoms with Gasteiger partial charge in [-0.05, 0) is 37.5 Å². The molecule has 88 valence electrons. The van der Waals surface area contributed by atoms with Crippen molar-refractivity contribution in [3.8, 4) is 0 Å². The Morgan fingerprint density at radius 2 is 1.88 bits per heavy atom. The molecule has 1 aliphatic rings. The fourth-order valence-corrected chi connectivity index (χ4v) is 3.38. The molecule has 1 aromatic carbocycles. The van der Waals surface area contributed by atoms with E-state index in [1.165, 1.54) is 0 Å². The lowest BCUT2D eigenvalue weighted by Gasteiger charge is -2.14. The molecule has 2 rings (SSSR count). The average Bonchev–Trinajstić information content (AvgIpc) is 3.01. The standard InChI is InChI=1S/C11H14BrNO2S/c1-8(9-2-4-10(12)5-3-9)13-16(14,15)11-6-7-11/h2-5,8,11,13H,6-7H2,1H3. The maximum Gasteiger partial charge on any atom is 0.215 e. The molecule has 0 aliphatic heterocycles. The molecule has 16 heavy (non-hydrogen) atoms. The minimum Gasteiger partial charge on any atom is -0.212 e. The van der Waals surface area contributed by atoms with Crippen LogP contribution in [0.5, 0.6) is 0 Å². The average molecular weight is 304 g/mol. The van der Waals surface area contributed by atoms with Crippen LogP contribution in [0.4, 0.5) is 0 Å². The summed E-state index contributed by atoms with van der Waals surface area (Å²) in [6.07, 6.45) is 1.59. The van der Waals surface area contributed by atoms with Crippen molar-refractivity contribution in [2.24, 2.45) is 0 Å². The Hall–Kier alpha value is -0.390. The minimum absolute atomic E-state index is 0.162. The number of sulfonamides is 1. The monoisotopic (exact) mass is 303 g/mol. The fraction of sp³-hybridized carbons (Fsp3) is 0.455. The third-order valence-electron chi connectivity index (χ3n) is 2.67. The third kappa shape index (κ3) is 2.84. The quantitative estimate of drug-likeness (QED) is 0.929. The first-order chi connectivity index (χ1) is 7.49. The van der Waals surface area contributed by atoms with Gasteiger partial charge in [-0.3, -0.25) is 0 Å². The van der Waals surface area contributed by atoms with E-state index in [1.54, 1.807) is 0 Å². The minimum atomic E-state index is -3.11.